The van der Waals surface area contributed by atoms with Crippen LogP contribution in [0, 0.1) is 0 Å². The second-order valence-electron chi connectivity index (χ2n) is 3.09. The highest BCUT2D eigenvalue weighted by Crippen LogP contribution is 2.37. The molecule has 0 unspecified atom stereocenters. The van der Waals surface area contributed by atoms with Gasteiger partial charge in [0.15, 0.2) is 0 Å². The molecule has 11 heavy (non-hydrogen) atoms. The Labute approximate surface area is 66.2 Å². The summed E-state index contributed by atoms with van der Waals surface area (Å²) in [5, 5.41) is 0. The molecule has 1 aliphatic carbocycles. The van der Waals surface area contributed by atoms with E-state index in [-0.39, 0.29) is 12.1 Å². The number of nitrogens with two attached hydrogens (primary N) is 2. The van der Waals surface area contributed by atoms with E-state index in [4.69, 9.17) is 11.5 Å². The molecular formula is C9H12N2. The molecule has 0 radical (unpaired) electrons. The minimum atomic E-state index is 0.178. The molecule has 1 saturated carbocycles. The lowest BCUT2D eigenvalue weighted by molar-refractivity contribution is 0.962. The van der Waals surface area contributed by atoms with E-state index in [1.54, 1.807) is 0 Å². The van der Waals surface area contributed by atoms with Crippen LogP contribution < -0.4 is 11.5 Å². The summed E-state index contributed by atoms with van der Waals surface area (Å²) in [6.45, 7) is 0. The quantitative estimate of drug-likeness (QED) is 0.607. The second-order valence-corrected chi connectivity index (χ2v) is 3.09. The van der Waals surface area contributed by atoms with Crippen molar-refractivity contribution in [1.29, 1.82) is 0 Å². The Morgan fingerprint density at radius 3 is 1.91 bits per heavy atom. The number of benzene rings is 1. The summed E-state index contributed by atoms with van der Waals surface area (Å²) in [4.78, 5) is 0. The standard InChI is InChI=1S/C9H12N2/c10-8-7(9(8)11)6-4-2-1-3-5-6/h1-5,7-9H,10-11H2/t8-,9-/m0/s1. The maximum Gasteiger partial charge on any atom is 0.0284 e. The maximum atomic E-state index is 5.72. The van der Waals surface area contributed by atoms with Gasteiger partial charge in [-0.3, -0.25) is 0 Å². The predicted molar refractivity (Wildman–Crippen MR) is 45.1 cm³/mol. The van der Waals surface area contributed by atoms with Crippen molar-refractivity contribution in [2.75, 3.05) is 0 Å². The van der Waals surface area contributed by atoms with Gasteiger partial charge in [-0.05, 0) is 5.56 Å². The van der Waals surface area contributed by atoms with Crippen molar-refractivity contribution >= 4 is 0 Å². The average molecular weight is 148 g/mol. The number of rotatable bonds is 1. The van der Waals surface area contributed by atoms with E-state index in [2.05, 4.69) is 12.1 Å². The summed E-state index contributed by atoms with van der Waals surface area (Å²) < 4.78 is 0. The molecule has 2 heteroatoms. The minimum absolute atomic E-state index is 0.178. The van der Waals surface area contributed by atoms with Crippen LogP contribution in [0.3, 0.4) is 0 Å². The van der Waals surface area contributed by atoms with Gasteiger partial charge in [-0.15, -0.1) is 0 Å². The second kappa shape index (κ2) is 2.32. The molecule has 4 N–H and O–H groups in total. The van der Waals surface area contributed by atoms with Gasteiger partial charge in [-0.25, -0.2) is 0 Å². The third-order valence-electron chi connectivity index (χ3n) is 2.32. The van der Waals surface area contributed by atoms with Crippen molar-refractivity contribution in [3.05, 3.63) is 35.9 Å². The van der Waals surface area contributed by atoms with E-state index in [1.807, 2.05) is 18.2 Å². The molecule has 2 rings (SSSR count). The van der Waals surface area contributed by atoms with Crippen molar-refractivity contribution in [3.63, 3.8) is 0 Å². The zero-order chi connectivity index (χ0) is 7.84. The molecule has 2 nitrogen and oxygen atoms in total. The highest BCUT2D eigenvalue weighted by Gasteiger charge is 2.45. The van der Waals surface area contributed by atoms with Crippen LogP contribution >= 0.6 is 0 Å². The van der Waals surface area contributed by atoms with Crippen LogP contribution in [0.1, 0.15) is 11.5 Å². The molecule has 2 atom stereocenters. The zero-order valence-corrected chi connectivity index (χ0v) is 6.27. The summed E-state index contributed by atoms with van der Waals surface area (Å²) in [5.41, 5.74) is 12.7. The largest absolute Gasteiger partial charge is 0.326 e. The molecule has 0 heterocycles. The van der Waals surface area contributed by atoms with Gasteiger partial charge in [0.2, 0.25) is 0 Å². The lowest BCUT2D eigenvalue weighted by Crippen LogP contribution is -2.12. The van der Waals surface area contributed by atoms with Gasteiger partial charge in [0.1, 0.15) is 0 Å². The smallest absolute Gasteiger partial charge is 0.0284 e. The molecular weight excluding hydrogens is 136 g/mol. The Morgan fingerprint density at radius 1 is 0.909 bits per heavy atom. The van der Waals surface area contributed by atoms with E-state index in [0.29, 0.717) is 5.92 Å². The van der Waals surface area contributed by atoms with E-state index in [1.165, 1.54) is 5.56 Å². The van der Waals surface area contributed by atoms with E-state index >= 15 is 0 Å². The molecule has 58 valence electrons. The van der Waals surface area contributed by atoms with Gasteiger partial charge in [0.25, 0.3) is 0 Å². The van der Waals surface area contributed by atoms with Gasteiger partial charge in [0.05, 0.1) is 0 Å². The molecule has 1 fully saturated rings. The summed E-state index contributed by atoms with van der Waals surface area (Å²) in [5.74, 6) is 0.399. The summed E-state index contributed by atoms with van der Waals surface area (Å²) in [6.07, 6.45) is 0. The van der Waals surface area contributed by atoms with Crippen molar-refractivity contribution in [3.8, 4) is 0 Å². The van der Waals surface area contributed by atoms with Gasteiger partial charge in [-0.2, -0.15) is 0 Å². The van der Waals surface area contributed by atoms with Crippen LogP contribution in [0.5, 0.6) is 0 Å². The Morgan fingerprint density at radius 2 is 1.45 bits per heavy atom. The topological polar surface area (TPSA) is 52.0 Å². The lowest BCUT2D eigenvalue weighted by Gasteiger charge is -1.95. The van der Waals surface area contributed by atoms with Crippen molar-refractivity contribution in [2.24, 2.45) is 11.5 Å². The lowest BCUT2D eigenvalue weighted by atomic mass is 10.1. The van der Waals surface area contributed by atoms with Gasteiger partial charge in [0, 0.05) is 18.0 Å². The molecule has 0 aliphatic heterocycles. The van der Waals surface area contributed by atoms with Crippen LogP contribution in [-0.2, 0) is 0 Å². The number of hydrogen-bond donors (Lipinski definition) is 2. The van der Waals surface area contributed by atoms with E-state index < -0.39 is 0 Å². The van der Waals surface area contributed by atoms with Gasteiger partial charge in [-0.1, -0.05) is 30.3 Å². The average Bonchev–Trinajstić information content (AvgIpc) is 2.62. The SMILES string of the molecule is N[C@H]1C(c2ccccc2)[C@@H]1N. The molecule has 0 spiro atoms. The van der Waals surface area contributed by atoms with Crippen LogP contribution in [0.4, 0.5) is 0 Å². The third-order valence-corrected chi connectivity index (χ3v) is 2.32. The summed E-state index contributed by atoms with van der Waals surface area (Å²) in [6, 6.07) is 10.6. The number of hydrogen-bond acceptors (Lipinski definition) is 2. The van der Waals surface area contributed by atoms with Crippen molar-refractivity contribution in [2.45, 2.75) is 18.0 Å². The summed E-state index contributed by atoms with van der Waals surface area (Å²) in [7, 11) is 0. The molecule has 0 aromatic heterocycles. The van der Waals surface area contributed by atoms with Crippen molar-refractivity contribution < 1.29 is 0 Å². The predicted octanol–water partition coefficient (Wildman–Crippen LogP) is 0.438. The first-order chi connectivity index (χ1) is 5.30. The van der Waals surface area contributed by atoms with Gasteiger partial charge < -0.3 is 11.5 Å². The fourth-order valence-corrected chi connectivity index (χ4v) is 1.48. The molecule has 1 aromatic rings. The summed E-state index contributed by atoms with van der Waals surface area (Å²) >= 11 is 0. The molecule has 1 aromatic carbocycles. The molecule has 1 aliphatic rings. The zero-order valence-electron chi connectivity index (χ0n) is 6.27. The van der Waals surface area contributed by atoms with Crippen LogP contribution in [0.15, 0.2) is 30.3 Å². The Hall–Kier alpha value is -0.860. The highest BCUT2D eigenvalue weighted by molar-refractivity contribution is 5.32. The molecule has 0 amide bonds. The monoisotopic (exact) mass is 148 g/mol. The van der Waals surface area contributed by atoms with Gasteiger partial charge >= 0.3 is 0 Å². The molecule has 0 bridgehead atoms. The first-order valence-corrected chi connectivity index (χ1v) is 3.87. The highest BCUT2D eigenvalue weighted by atomic mass is 14.9. The first-order valence-electron chi connectivity index (χ1n) is 3.87. The fraction of sp³-hybridized carbons (Fsp3) is 0.333. The Bertz CT molecular complexity index is 237. The molecule has 0 saturated heterocycles. The van der Waals surface area contributed by atoms with E-state index in [0.717, 1.165) is 0 Å². The fourth-order valence-electron chi connectivity index (χ4n) is 1.48. The van der Waals surface area contributed by atoms with Crippen molar-refractivity contribution in [1.82, 2.24) is 0 Å². The normalized spacial score (nSPS) is 35.3. The van der Waals surface area contributed by atoms with Crippen LogP contribution in [0.25, 0.3) is 0 Å². The van der Waals surface area contributed by atoms with E-state index in [9.17, 15) is 0 Å². The first kappa shape index (κ1) is 6.83. The third kappa shape index (κ3) is 1.04. The Balaban J connectivity index is 2.20. The minimum Gasteiger partial charge on any atom is -0.326 e. The Kier molecular flexibility index (Phi) is 1.44. The van der Waals surface area contributed by atoms with Crippen LogP contribution in [0.2, 0.25) is 0 Å². The van der Waals surface area contributed by atoms with Crippen LogP contribution in [-0.4, -0.2) is 12.1 Å². The maximum absolute atomic E-state index is 5.72.